The van der Waals surface area contributed by atoms with Crippen LogP contribution < -0.4 is 0 Å². The monoisotopic (exact) mass is 406 g/mol. The molecule has 6 nitrogen and oxygen atoms in total. The second kappa shape index (κ2) is 9.62. The Morgan fingerprint density at radius 1 is 0.964 bits per heavy atom. The lowest BCUT2D eigenvalue weighted by Crippen LogP contribution is -2.35. The van der Waals surface area contributed by atoms with Crippen molar-refractivity contribution in [3.05, 3.63) is 66.2 Å². The van der Waals surface area contributed by atoms with Gasteiger partial charge >= 0.3 is 0 Å². The van der Waals surface area contributed by atoms with Crippen LogP contribution in [0.1, 0.15) is 12.0 Å². The number of benzene rings is 2. The zero-order valence-corrected chi connectivity index (χ0v) is 16.4. The number of hydrogen-bond donors (Lipinski definition) is 2. The third kappa shape index (κ3) is 5.18. The van der Waals surface area contributed by atoms with Gasteiger partial charge < -0.3 is 19.7 Å². The maximum Gasteiger partial charge on any atom is 0.178 e. The predicted molar refractivity (Wildman–Crippen MR) is 104 cm³/mol. The molecule has 152 valence electrons. The molecule has 0 spiro atoms. The molecule has 4 atom stereocenters. The third-order valence-corrected chi connectivity index (χ3v) is 6.78. The van der Waals surface area contributed by atoms with Crippen LogP contribution in [0.3, 0.4) is 0 Å². The second-order valence-corrected chi connectivity index (χ2v) is 9.01. The Kier molecular flexibility index (Phi) is 7.20. The highest BCUT2D eigenvalue weighted by Gasteiger charge is 2.45. The fourth-order valence-electron chi connectivity index (χ4n) is 3.50. The van der Waals surface area contributed by atoms with Gasteiger partial charge in [-0.2, -0.15) is 0 Å². The summed E-state index contributed by atoms with van der Waals surface area (Å²) in [7, 11) is -3.58. The standard InChI is InChI=1S/C21H26O6S/c22-12-11-19-18(15-28(24,25)17-9-5-2-6-10-17)21(23)20(27-19)14-26-13-16-7-3-1-4-8-16/h1-10,18-23H,11-15H2/t18-,19?,20+,21+/m0/s1. The summed E-state index contributed by atoms with van der Waals surface area (Å²) in [4.78, 5) is 0.216. The summed E-state index contributed by atoms with van der Waals surface area (Å²) in [5.41, 5.74) is 1.00. The van der Waals surface area contributed by atoms with Crippen LogP contribution in [0.2, 0.25) is 0 Å². The van der Waals surface area contributed by atoms with Gasteiger partial charge in [0.05, 0.1) is 36.1 Å². The Bertz CT molecular complexity index is 824. The van der Waals surface area contributed by atoms with E-state index in [1.54, 1.807) is 30.3 Å². The summed E-state index contributed by atoms with van der Waals surface area (Å²) in [6, 6.07) is 17.8. The molecule has 1 aliphatic rings. The van der Waals surface area contributed by atoms with Gasteiger partial charge in [-0.25, -0.2) is 8.42 Å². The van der Waals surface area contributed by atoms with E-state index in [0.717, 1.165) is 5.56 Å². The highest BCUT2D eigenvalue weighted by atomic mass is 32.2. The first-order chi connectivity index (χ1) is 13.5. The molecular weight excluding hydrogens is 380 g/mol. The van der Waals surface area contributed by atoms with Gasteiger partial charge in [0.25, 0.3) is 0 Å². The summed E-state index contributed by atoms with van der Waals surface area (Å²) >= 11 is 0. The SMILES string of the molecule is O=S(=O)(C[C@H]1C(CCO)O[C@H](COCc2ccccc2)[C@@H]1O)c1ccccc1. The molecule has 0 aromatic heterocycles. The molecule has 0 radical (unpaired) electrons. The lowest BCUT2D eigenvalue weighted by atomic mass is 9.96. The van der Waals surface area contributed by atoms with E-state index in [1.807, 2.05) is 30.3 Å². The van der Waals surface area contributed by atoms with Crippen molar-refractivity contribution < 1.29 is 28.1 Å². The summed E-state index contributed by atoms with van der Waals surface area (Å²) in [5.74, 6) is -0.861. The Hall–Kier alpha value is -1.77. The molecule has 0 amide bonds. The third-order valence-electron chi connectivity index (χ3n) is 4.97. The largest absolute Gasteiger partial charge is 0.396 e. The molecule has 1 unspecified atom stereocenters. The Morgan fingerprint density at radius 3 is 2.25 bits per heavy atom. The van der Waals surface area contributed by atoms with E-state index in [9.17, 15) is 18.6 Å². The minimum Gasteiger partial charge on any atom is -0.396 e. The van der Waals surface area contributed by atoms with Gasteiger partial charge in [-0.15, -0.1) is 0 Å². The predicted octanol–water partition coefficient (Wildman–Crippen LogP) is 1.80. The molecule has 1 aliphatic heterocycles. The molecule has 3 rings (SSSR count). The van der Waals surface area contributed by atoms with Crippen molar-refractivity contribution >= 4 is 9.84 Å². The average Bonchev–Trinajstić information content (AvgIpc) is 2.98. The fourth-order valence-corrected chi connectivity index (χ4v) is 5.18. The number of hydrogen-bond acceptors (Lipinski definition) is 6. The smallest absolute Gasteiger partial charge is 0.178 e. The number of ether oxygens (including phenoxy) is 2. The zero-order chi connectivity index (χ0) is 20.0. The van der Waals surface area contributed by atoms with Crippen LogP contribution in [0.4, 0.5) is 0 Å². The first kappa shape index (κ1) is 21.0. The fraction of sp³-hybridized carbons (Fsp3) is 0.429. The quantitative estimate of drug-likeness (QED) is 0.660. The van der Waals surface area contributed by atoms with Gasteiger partial charge in [0.2, 0.25) is 0 Å². The van der Waals surface area contributed by atoms with Gasteiger partial charge in [-0.3, -0.25) is 0 Å². The van der Waals surface area contributed by atoms with Crippen LogP contribution in [0.25, 0.3) is 0 Å². The number of aliphatic hydroxyl groups excluding tert-OH is 2. The van der Waals surface area contributed by atoms with Gasteiger partial charge in [0, 0.05) is 12.5 Å². The van der Waals surface area contributed by atoms with Crippen molar-refractivity contribution in [2.75, 3.05) is 19.0 Å². The van der Waals surface area contributed by atoms with Gasteiger partial charge in [0.1, 0.15) is 6.10 Å². The van der Waals surface area contributed by atoms with Gasteiger partial charge in [0.15, 0.2) is 9.84 Å². The van der Waals surface area contributed by atoms with E-state index in [4.69, 9.17) is 9.47 Å². The van der Waals surface area contributed by atoms with Crippen molar-refractivity contribution in [1.29, 1.82) is 0 Å². The topological polar surface area (TPSA) is 93.1 Å². The molecule has 2 N–H and O–H groups in total. The molecule has 2 aromatic carbocycles. The van der Waals surface area contributed by atoms with Crippen LogP contribution in [0.15, 0.2) is 65.6 Å². The van der Waals surface area contributed by atoms with E-state index < -0.39 is 34.1 Å². The second-order valence-electron chi connectivity index (χ2n) is 6.97. The van der Waals surface area contributed by atoms with Gasteiger partial charge in [-0.05, 0) is 24.1 Å². The lowest BCUT2D eigenvalue weighted by Gasteiger charge is -2.20. The van der Waals surface area contributed by atoms with E-state index in [1.165, 1.54) is 0 Å². The first-order valence-corrected chi connectivity index (χ1v) is 11.0. The van der Waals surface area contributed by atoms with Crippen molar-refractivity contribution in [3.8, 4) is 0 Å². The Balaban J connectivity index is 1.64. The van der Waals surface area contributed by atoms with Crippen LogP contribution in [-0.2, 0) is 25.9 Å². The average molecular weight is 406 g/mol. The summed E-state index contributed by atoms with van der Waals surface area (Å²) in [6.07, 6.45) is -1.88. The molecule has 0 bridgehead atoms. The zero-order valence-electron chi connectivity index (χ0n) is 15.6. The minimum atomic E-state index is -3.58. The molecule has 7 heteroatoms. The van der Waals surface area contributed by atoms with Gasteiger partial charge in [-0.1, -0.05) is 48.5 Å². The van der Waals surface area contributed by atoms with Crippen molar-refractivity contribution in [3.63, 3.8) is 0 Å². The minimum absolute atomic E-state index is 0.142. The number of rotatable bonds is 9. The molecule has 1 saturated heterocycles. The van der Waals surface area contributed by atoms with Crippen molar-refractivity contribution in [2.24, 2.45) is 5.92 Å². The molecule has 1 heterocycles. The maximum atomic E-state index is 12.7. The van der Waals surface area contributed by atoms with Crippen molar-refractivity contribution in [1.82, 2.24) is 0 Å². The first-order valence-electron chi connectivity index (χ1n) is 9.35. The number of aliphatic hydroxyl groups is 2. The van der Waals surface area contributed by atoms with Crippen LogP contribution in [0.5, 0.6) is 0 Å². The maximum absolute atomic E-state index is 12.7. The Morgan fingerprint density at radius 2 is 1.61 bits per heavy atom. The molecule has 0 aliphatic carbocycles. The molecule has 0 saturated carbocycles. The summed E-state index contributed by atoms with van der Waals surface area (Å²) < 4.78 is 37.0. The van der Waals surface area contributed by atoms with E-state index in [-0.39, 0.29) is 30.3 Å². The highest BCUT2D eigenvalue weighted by molar-refractivity contribution is 7.91. The van der Waals surface area contributed by atoms with Crippen LogP contribution in [0, 0.1) is 5.92 Å². The highest BCUT2D eigenvalue weighted by Crippen LogP contribution is 2.32. The Labute approximate surface area is 165 Å². The molecule has 28 heavy (non-hydrogen) atoms. The van der Waals surface area contributed by atoms with Crippen LogP contribution in [-0.4, -0.2) is 55.9 Å². The summed E-state index contributed by atoms with van der Waals surface area (Å²) in [6.45, 7) is 0.391. The number of sulfone groups is 1. The summed E-state index contributed by atoms with van der Waals surface area (Å²) in [5, 5.41) is 20.0. The normalized spacial score (nSPS) is 25.1. The molecule has 1 fully saturated rings. The molecular formula is C21H26O6S. The van der Waals surface area contributed by atoms with E-state index in [0.29, 0.717) is 6.61 Å². The van der Waals surface area contributed by atoms with Crippen LogP contribution >= 0.6 is 0 Å². The molecule has 2 aromatic rings. The van der Waals surface area contributed by atoms with E-state index >= 15 is 0 Å². The van der Waals surface area contributed by atoms with Crippen molar-refractivity contribution in [2.45, 2.75) is 36.2 Å². The lowest BCUT2D eigenvalue weighted by molar-refractivity contribution is -0.0517. The van der Waals surface area contributed by atoms with E-state index in [2.05, 4.69) is 0 Å².